The third-order valence-electron chi connectivity index (χ3n) is 5.26. The van der Waals surface area contributed by atoms with Gasteiger partial charge in [-0.3, -0.25) is 4.90 Å². The molecule has 2 fully saturated rings. The highest BCUT2D eigenvalue weighted by Gasteiger charge is 2.41. The number of halogens is 1. The van der Waals surface area contributed by atoms with Crippen LogP contribution in [0.5, 0.6) is 0 Å². The molecular formula is C17H22BrNO2. The molecule has 0 saturated carbocycles. The molecule has 1 unspecified atom stereocenters. The maximum absolute atomic E-state index is 5.83. The molecule has 0 amide bonds. The van der Waals surface area contributed by atoms with Crippen molar-refractivity contribution in [3.8, 4) is 0 Å². The first-order valence-corrected chi connectivity index (χ1v) is 8.83. The normalized spacial score (nSPS) is 28.7. The van der Waals surface area contributed by atoms with Crippen molar-refractivity contribution in [1.29, 1.82) is 0 Å². The molecule has 0 bridgehead atoms. The van der Waals surface area contributed by atoms with Crippen LogP contribution in [0.15, 0.2) is 22.7 Å². The van der Waals surface area contributed by atoms with Crippen LogP contribution in [-0.4, -0.2) is 43.0 Å². The van der Waals surface area contributed by atoms with Crippen molar-refractivity contribution in [3.05, 3.63) is 33.8 Å². The lowest BCUT2D eigenvalue weighted by Gasteiger charge is -2.42. The van der Waals surface area contributed by atoms with Gasteiger partial charge < -0.3 is 9.47 Å². The highest BCUT2D eigenvalue weighted by Crippen LogP contribution is 2.34. The van der Waals surface area contributed by atoms with Crippen molar-refractivity contribution in [3.63, 3.8) is 0 Å². The Balaban J connectivity index is 1.41. The minimum Gasteiger partial charge on any atom is -0.347 e. The molecule has 4 heteroatoms. The van der Waals surface area contributed by atoms with E-state index in [1.165, 1.54) is 34.9 Å². The molecule has 1 aliphatic carbocycles. The Bertz CT molecular complexity index is 518. The molecule has 2 saturated heterocycles. The van der Waals surface area contributed by atoms with Crippen LogP contribution >= 0.6 is 15.9 Å². The highest BCUT2D eigenvalue weighted by atomic mass is 79.9. The minimum atomic E-state index is -0.242. The number of hydrogen-bond acceptors (Lipinski definition) is 3. The molecule has 4 rings (SSSR count). The number of fused-ring (bicyclic) bond motifs is 1. The van der Waals surface area contributed by atoms with E-state index in [-0.39, 0.29) is 5.79 Å². The minimum absolute atomic E-state index is 0.242. The van der Waals surface area contributed by atoms with E-state index in [0.717, 1.165) is 39.1 Å². The zero-order chi connectivity index (χ0) is 14.3. The van der Waals surface area contributed by atoms with E-state index < -0.39 is 0 Å². The summed E-state index contributed by atoms with van der Waals surface area (Å²) in [5.74, 6) is -0.242. The lowest BCUT2D eigenvalue weighted by molar-refractivity contribution is -0.188. The molecule has 21 heavy (non-hydrogen) atoms. The van der Waals surface area contributed by atoms with Gasteiger partial charge in [0.25, 0.3) is 0 Å². The zero-order valence-corrected chi connectivity index (χ0v) is 13.9. The molecule has 3 nitrogen and oxygen atoms in total. The Kier molecular flexibility index (Phi) is 3.82. The van der Waals surface area contributed by atoms with Crippen molar-refractivity contribution in [1.82, 2.24) is 4.90 Å². The molecular weight excluding hydrogens is 330 g/mol. The Morgan fingerprint density at radius 3 is 2.62 bits per heavy atom. The summed E-state index contributed by atoms with van der Waals surface area (Å²) < 4.78 is 12.9. The number of hydrogen-bond donors (Lipinski definition) is 0. The van der Waals surface area contributed by atoms with Gasteiger partial charge >= 0.3 is 0 Å². The van der Waals surface area contributed by atoms with E-state index in [2.05, 4.69) is 39.0 Å². The molecule has 0 radical (unpaired) electrons. The summed E-state index contributed by atoms with van der Waals surface area (Å²) in [6, 6.07) is 7.45. The maximum Gasteiger partial charge on any atom is 0.170 e. The van der Waals surface area contributed by atoms with Gasteiger partial charge in [-0.25, -0.2) is 0 Å². The predicted octanol–water partition coefficient (Wildman–Crippen LogP) is 3.15. The highest BCUT2D eigenvalue weighted by molar-refractivity contribution is 9.10. The van der Waals surface area contributed by atoms with Crippen molar-refractivity contribution >= 4 is 15.9 Å². The summed E-state index contributed by atoms with van der Waals surface area (Å²) in [5.41, 5.74) is 3.06. The van der Waals surface area contributed by atoms with E-state index in [4.69, 9.17) is 9.47 Å². The Morgan fingerprint density at radius 1 is 1.10 bits per heavy atom. The smallest absolute Gasteiger partial charge is 0.170 e. The largest absolute Gasteiger partial charge is 0.347 e. The average Bonchev–Trinajstić information content (AvgIpc) is 2.96. The fourth-order valence-electron chi connectivity index (χ4n) is 4.03. The van der Waals surface area contributed by atoms with Crippen LogP contribution in [0.2, 0.25) is 0 Å². The Morgan fingerprint density at radius 2 is 1.86 bits per heavy atom. The van der Waals surface area contributed by atoms with E-state index in [1.54, 1.807) is 0 Å². The molecule has 0 N–H and O–H groups in total. The first-order chi connectivity index (χ1) is 10.2. The molecule has 1 spiro atoms. The van der Waals surface area contributed by atoms with Crippen molar-refractivity contribution in [2.75, 3.05) is 26.3 Å². The van der Waals surface area contributed by atoms with E-state index in [0.29, 0.717) is 6.04 Å². The first-order valence-electron chi connectivity index (χ1n) is 8.03. The van der Waals surface area contributed by atoms with Crippen LogP contribution < -0.4 is 0 Å². The monoisotopic (exact) mass is 351 g/mol. The van der Waals surface area contributed by atoms with E-state index >= 15 is 0 Å². The van der Waals surface area contributed by atoms with Gasteiger partial charge in [-0.05, 0) is 42.5 Å². The Hall–Kier alpha value is -0.420. The standard InChI is InChI=1S/C17H22BrNO2/c18-15-3-1-14-12-16(4-2-13(14)11-15)19-7-5-17(6-8-19)20-9-10-21-17/h1,3,11,16H,2,4-10,12H2. The van der Waals surface area contributed by atoms with E-state index in [1.807, 2.05) is 0 Å². The van der Waals surface area contributed by atoms with Crippen molar-refractivity contribution in [2.24, 2.45) is 0 Å². The van der Waals surface area contributed by atoms with Gasteiger partial charge in [-0.1, -0.05) is 22.0 Å². The second-order valence-corrected chi connectivity index (χ2v) is 7.37. The summed E-state index contributed by atoms with van der Waals surface area (Å²) in [6.07, 6.45) is 5.72. The molecule has 1 aromatic rings. The van der Waals surface area contributed by atoms with Gasteiger partial charge in [-0.15, -0.1) is 0 Å². The number of aryl methyl sites for hydroxylation is 1. The number of nitrogens with zero attached hydrogens (tertiary/aromatic N) is 1. The molecule has 1 atom stereocenters. The van der Waals surface area contributed by atoms with Gasteiger partial charge in [0.05, 0.1) is 13.2 Å². The maximum atomic E-state index is 5.83. The van der Waals surface area contributed by atoms with Crippen LogP contribution in [0.1, 0.15) is 30.4 Å². The van der Waals surface area contributed by atoms with Gasteiger partial charge in [0.1, 0.15) is 0 Å². The number of benzene rings is 1. The number of likely N-dealkylation sites (tertiary alicyclic amines) is 1. The average molecular weight is 352 g/mol. The van der Waals surface area contributed by atoms with Crippen LogP contribution in [0.4, 0.5) is 0 Å². The van der Waals surface area contributed by atoms with Gasteiger partial charge in [0.15, 0.2) is 5.79 Å². The molecule has 1 aromatic carbocycles. The van der Waals surface area contributed by atoms with Crippen LogP contribution in [0.25, 0.3) is 0 Å². The summed E-state index contributed by atoms with van der Waals surface area (Å²) in [4.78, 5) is 2.65. The number of ether oxygens (including phenoxy) is 2. The fraction of sp³-hybridized carbons (Fsp3) is 0.647. The summed E-state index contributed by atoms with van der Waals surface area (Å²) in [5, 5.41) is 0. The van der Waals surface area contributed by atoms with Gasteiger partial charge in [0, 0.05) is 36.4 Å². The number of piperidine rings is 1. The first kappa shape index (κ1) is 14.2. The third-order valence-corrected chi connectivity index (χ3v) is 5.75. The van der Waals surface area contributed by atoms with E-state index in [9.17, 15) is 0 Å². The lowest BCUT2D eigenvalue weighted by Crippen LogP contribution is -2.50. The fourth-order valence-corrected chi connectivity index (χ4v) is 4.44. The second-order valence-electron chi connectivity index (χ2n) is 6.45. The zero-order valence-electron chi connectivity index (χ0n) is 12.3. The summed E-state index contributed by atoms with van der Waals surface area (Å²) in [7, 11) is 0. The van der Waals surface area contributed by atoms with Gasteiger partial charge in [-0.2, -0.15) is 0 Å². The molecule has 2 heterocycles. The van der Waals surface area contributed by atoms with Crippen LogP contribution in [0.3, 0.4) is 0 Å². The molecule has 2 aliphatic heterocycles. The van der Waals surface area contributed by atoms with Crippen LogP contribution in [-0.2, 0) is 22.3 Å². The molecule has 3 aliphatic rings. The topological polar surface area (TPSA) is 21.7 Å². The third kappa shape index (κ3) is 2.79. The second kappa shape index (κ2) is 5.65. The van der Waals surface area contributed by atoms with Crippen LogP contribution in [0, 0.1) is 0 Å². The summed E-state index contributed by atoms with van der Waals surface area (Å²) in [6.45, 7) is 3.75. The molecule has 0 aromatic heterocycles. The number of rotatable bonds is 1. The molecule has 114 valence electrons. The quantitative estimate of drug-likeness (QED) is 0.775. The summed E-state index contributed by atoms with van der Waals surface area (Å²) >= 11 is 3.58. The lowest BCUT2D eigenvalue weighted by atomic mass is 9.86. The Labute approximate surface area is 134 Å². The predicted molar refractivity (Wildman–Crippen MR) is 85.4 cm³/mol. The van der Waals surface area contributed by atoms with Gasteiger partial charge in [0.2, 0.25) is 0 Å². The van der Waals surface area contributed by atoms with Crippen molar-refractivity contribution in [2.45, 2.75) is 43.9 Å². The SMILES string of the molecule is Brc1ccc2c(c1)CCC(N1CCC3(CC1)OCCO3)C2. The van der Waals surface area contributed by atoms with Crippen molar-refractivity contribution < 1.29 is 9.47 Å².